The average Bonchev–Trinajstić information content (AvgIpc) is 2.40. The van der Waals surface area contributed by atoms with E-state index in [1.807, 2.05) is 0 Å². The first kappa shape index (κ1) is 14.2. The summed E-state index contributed by atoms with van der Waals surface area (Å²) in [6.45, 7) is 2.76. The molecule has 0 aliphatic heterocycles. The Labute approximate surface area is 121 Å². The molecular formula is C16H17BrFN. The molecule has 1 unspecified atom stereocenters. The third-order valence-corrected chi connectivity index (χ3v) is 4.13. The van der Waals surface area contributed by atoms with Crippen LogP contribution in [0.15, 0.2) is 48.5 Å². The second kappa shape index (κ2) is 5.85. The van der Waals surface area contributed by atoms with Gasteiger partial charge in [0.05, 0.1) is 0 Å². The molecule has 0 radical (unpaired) electrons. The van der Waals surface area contributed by atoms with E-state index in [-0.39, 0.29) is 10.1 Å². The van der Waals surface area contributed by atoms with Gasteiger partial charge in [-0.2, -0.15) is 0 Å². The third-order valence-electron chi connectivity index (χ3n) is 3.28. The first-order valence-electron chi connectivity index (χ1n) is 6.28. The fourth-order valence-corrected chi connectivity index (χ4v) is 2.56. The molecule has 0 aliphatic rings. The van der Waals surface area contributed by atoms with Crippen molar-refractivity contribution in [1.82, 2.24) is 0 Å². The van der Waals surface area contributed by atoms with Crippen LogP contribution < -0.4 is 5.73 Å². The van der Waals surface area contributed by atoms with E-state index < -0.39 is 0 Å². The van der Waals surface area contributed by atoms with Crippen LogP contribution in [-0.4, -0.2) is 6.54 Å². The van der Waals surface area contributed by atoms with Crippen molar-refractivity contribution in [2.45, 2.75) is 17.7 Å². The second-order valence-electron chi connectivity index (χ2n) is 4.82. The Balaban J connectivity index is 2.25. The Kier molecular flexibility index (Phi) is 4.38. The van der Waals surface area contributed by atoms with Gasteiger partial charge in [-0.25, -0.2) is 4.39 Å². The molecule has 2 aromatic carbocycles. The van der Waals surface area contributed by atoms with Gasteiger partial charge >= 0.3 is 0 Å². The lowest BCUT2D eigenvalue weighted by Crippen LogP contribution is -2.18. The van der Waals surface area contributed by atoms with Crippen molar-refractivity contribution in [3.8, 4) is 11.1 Å². The average molecular weight is 322 g/mol. The Morgan fingerprint density at radius 2 is 1.47 bits per heavy atom. The first-order valence-corrected chi connectivity index (χ1v) is 7.08. The van der Waals surface area contributed by atoms with Crippen LogP contribution in [0.3, 0.4) is 0 Å². The number of hydrogen-bond donors (Lipinski definition) is 1. The quantitative estimate of drug-likeness (QED) is 0.827. The van der Waals surface area contributed by atoms with Gasteiger partial charge in [0, 0.05) is 4.32 Å². The summed E-state index contributed by atoms with van der Waals surface area (Å²) < 4.78 is 12.8. The molecule has 0 aliphatic carbocycles. The monoisotopic (exact) mass is 321 g/mol. The highest BCUT2D eigenvalue weighted by molar-refractivity contribution is 9.09. The van der Waals surface area contributed by atoms with Crippen LogP contribution in [0, 0.1) is 5.82 Å². The van der Waals surface area contributed by atoms with Gasteiger partial charge in [0.25, 0.3) is 0 Å². The summed E-state index contributed by atoms with van der Waals surface area (Å²) in [5.41, 5.74) is 8.92. The predicted octanol–water partition coefficient (Wildman–Crippen LogP) is 4.45. The van der Waals surface area contributed by atoms with Crippen LogP contribution in [0.2, 0.25) is 0 Å². The Bertz CT molecular complexity index is 532. The lowest BCUT2D eigenvalue weighted by atomic mass is 9.95. The summed E-state index contributed by atoms with van der Waals surface area (Å²) in [5, 5.41) is 0. The second-order valence-corrected chi connectivity index (χ2v) is 6.57. The largest absolute Gasteiger partial charge is 0.330 e. The van der Waals surface area contributed by atoms with Gasteiger partial charge in [-0.05, 0) is 48.7 Å². The van der Waals surface area contributed by atoms with Crippen molar-refractivity contribution in [1.29, 1.82) is 0 Å². The zero-order valence-corrected chi connectivity index (χ0v) is 12.5. The van der Waals surface area contributed by atoms with Crippen molar-refractivity contribution < 1.29 is 4.39 Å². The molecule has 2 rings (SSSR count). The van der Waals surface area contributed by atoms with Gasteiger partial charge in [0.15, 0.2) is 0 Å². The highest BCUT2D eigenvalue weighted by Gasteiger charge is 2.21. The van der Waals surface area contributed by atoms with Crippen molar-refractivity contribution in [3.63, 3.8) is 0 Å². The smallest absolute Gasteiger partial charge is 0.123 e. The molecule has 19 heavy (non-hydrogen) atoms. The topological polar surface area (TPSA) is 26.0 Å². The zero-order chi connectivity index (χ0) is 13.9. The van der Waals surface area contributed by atoms with Crippen LogP contribution in [-0.2, 0) is 4.32 Å². The van der Waals surface area contributed by atoms with Crippen molar-refractivity contribution >= 4 is 15.9 Å². The van der Waals surface area contributed by atoms with E-state index in [0.717, 1.165) is 17.5 Å². The van der Waals surface area contributed by atoms with Gasteiger partial charge in [-0.1, -0.05) is 52.3 Å². The molecule has 100 valence electrons. The van der Waals surface area contributed by atoms with Crippen molar-refractivity contribution in [2.75, 3.05) is 6.54 Å². The van der Waals surface area contributed by atoms with Gasteiger partial charge in [-0.3, -0.25) is 0 Å². The van der Waals surface area contributed by atoms with E-state index in [9.17, 15) is 4.39 Å². The number of rotatable bonds is 4. The summed E-state index contributed by atoms with van der Waals surface area (Å²) in [4.78, 5) is 0. The first-order chi connectivity index (χ1) is 9.03. The minimum Gasteiger partial charge on any atom is -0.330 e. The third kappa shape index (κ3) is 3.43. The van der Waals surface area contributed by atoms with E-state index in [2.05, 4.69) is 47.1 Å². The molecular weight excluding hydrogens is 305 g/mol. The molecule has 3 heteroatoms. The lowest BCUT2D eigenvalue weighted by Gasteiger charge is -2.22. The maximum atomic E-state index is 12.9. The minimum atomic E-state index is -0.212. The van der Waals surface area contributed by atoms with Crippen LogP contribution in [0.1, 0.15) is 18.9 Å². The zero-order valence-electron chi connectivity index (χ0n) is 10.9. The molecule has 1 atom stereocenters. The summed E-state index contributed by atoms with van der Waals surface area (Å²) in [6, 6.07) is 14.8. The van der Waals surface area contributed by atoms with Crippen LogP contribution in [0.5, 0.6) is 0 Å². The van der Waals surface area contributed by atoms with E-state index in [1.165, 1.54) is 17.7 Å². The maximum absolute atomic E-state index is 12.9. The normalized spacial score (nSPS) is 14.1. The number of benzene rings is 2. The van der Waals surface area contributed by atoms with Gasteiger partial charge in [-0.15, -0.1) is 0 Å². The highest BCUT2D eigenvalue weighted by atomic mass is 79.9. The van der Waals surface area contributed by atoms with Crippen LogP contribution in [0.25, 0.3) is 11.1 Å². The standard InChI is InChI=1S/C16H17BrFN/c1-16(17,10-11-19)14-6-2-12(3-7-14)13-4-8-15(18)9-5-13/h2-9H,10-11,19H2,1H3. The van der Waals surface area contributed by atoms with Crippen molar-refractivity contribution in [2.24, 2.45) is 5.73 Å². The molecule has 1 nitrogen and oxygen atoms in total. The Morgan fingerprint density at radius 3 is 1.95 bits per heavy atom. The molecule has 0 spiro atoms. The van der Waals surface area contributed by atoms with E-state index in [4.69, 9.17) is 5.73 Å². The summed E-state index contributed by atoms with van der Waals surface area (Å²) >= 11 is 3.71. The van der Waals surface area contributed by atoms with E-state index in [1.54, 1.807) is 12.1 Å². The minimum absolute atomic E-state index is 0.0942. The number of halogens is 2. The molecule has 2 aromatic rings. The lowest BCUT2D eigenvalue weighted by molar-refractivity contribution is 0.628. The molecule has 0 heterocycles. The summed E-state index contributed by atoms with van der Waals surface area (Å²) in [6.07, 6.45) is 0.878. The van der Waals surface area contributed by atoms with Crippen LogP contribution in [0.4, 0.5) is 4.39 Å². The SMILES string of the molecule is CC(Br)(CCN)c1ccc(-c2ccc(F)cc2)cc1. The highest BCUT2D eigenvalue weighted by Crippen LogP contribution is 2.34. The molecule has 0 saturated carbocycles. The fourth-order valence-electron chi connectivity index (χ4n) is 2.07. The number of nitrogens with two attached hydrogens (primary N) is 1. The maximum Gasteiger partial charge on any atom is 0.123 e. The Hall–Kier alpha value is -1.19. The molecule has 0 fully saturated rings. The fraction of sp³-hybridized carbons (Fsp3) is 0.250. The number of hydrogen-bond acceptors (Lipinski definition) is 1. The summed E-state index contributed by atoms with van der Waals surface area (Å²) in [7, 11) is 0. The van der Waals surface area contributed by atoms with E-state index >= 15 is 0 Å². The van der Waals surface area contributed by atoms with Gasteiger partial charge in [0.1, 0.15) is 5.82 Å². The molecule has 0 aromatic heterocycles. The predicted molar refractivity (Wildman–Crippen MR) is 81.8 cm³/mol. The van der Waals surface area contributed by atoms with Gasteiger partial charge in [0.2, 0.25) is 0 Å². The van der Waals surface area contributed by atoms with Crippen LogP contribution >= 0.6 is 15.9 Å². The Morgan fingerprint density at radius 1 is 1.00 bits per heavy atom. The number of alkyl halides is 1. The van der Waals surface area contributed by atoms with Crippen molar-refractivity contribution in [3.05, 3.63) is 59.9 Å². The molecule has 2 N–H and O–H groups in total. The van der Waals surface area contributed by atoms with Gasteiger partial charge < -0.3 is 5.73 Å². The van der Waals surface area contributed by atoms with E-state index in [0.29, 0.717) is 6.54 Å². The summed E-state index contributed by atoms with van der Waals surface area (Å²) in [5.74, 6) is -0.212. The molecule has 0 saturated heterocycles. The molecule has 0 amide bonds. The molecule has 0 bridgehead atoms.